The van der Waals surface area contributed by atoms with E-state index in [4.69, 9.17) is 0 Å². The lowest BCUT2D eigenvalue weighted by atomic mass is 10.1. The molecule has 0 saturated carbocycles. The Bertz CT molecular complexity index is 549. The fraction of sp³-hybridized carbons (Fsp3) is 0.286. The van der Waals surface area contributed by atoms with Gasteiger partial charge in [0.25, 0.3) is 0 Å². The lowest BCUT2D eigenvalue weighted by Gasteiger charge is -2.03. The molecule has 88 valence electrons. The van der Waals surface area contributed by atoms with Crippen LogP contribution in [-0.2, 0) is 16.0 Å². The lowest BCUT2D eigenvalue weighted by molar-refractivity contribution is -0.140. The number of hydrogen-bond acceptors (Lipinski definition) is 3. The van der Waals surface area contributed by atoms with Crippen molar-refractivity contribution in [1.29, 1.82) is 0 Å². The van der Waals surface area contributed by atoms with Crippen LogP contribution in [0.1, 0.15) is 17.7 Å². The van der Waals surface area contributed by atoms with Crippen LogP contribution in [0.5, 0.6) is 0 Å². The number of aromatic nitrogens is 1. The van der Waals surface area contributed by atoms with Crippen molar-refractivity contribution in [2.24, 2.45) is 0 Å². The Morgan fingerprint density at radius 1 is 1.29 bits per heavy atom. The highest BCUT2D eigenvalue weighted by atomic mass is 16.5. The largest absolute Gasteiger partial charge is 0.469 e. The van der Waals surface area contributed by atoms with Gasteiger partial charge in [-0.05, 0) is 37.1 Å². The molecule has 2 aromatic rings. The van der Waals surface area contributed by atoms with Gasteiger partial charge < -0.3 is 4.74 Å². The fourth-order valence-electron chi connectivity index (χ4n) is 1.78. The molecule has 0 N–H and O–H groups in total. The van der Waals surface area contributed by atoms with Crippen LogP contribution in [-0.4, -0.2) is 18.1 Å². The Morgan fingerprint density at radius 3 is 2.88 bits per heavy atom. The Labute approximate surface area is 100 Å². The summed E-state index contributed by atoms with van der Waals surface area (Å²) in [6.45, 7) is 1.98. The second kappa shape index (κ2) is 4.95. The zero-order valence-electron chi connectivity index (χ0n) is 10.1. The quantitative estimate of drug-likeness (QED) is 0.759. The number of benzene rings is 1. The number of ether oxygens (including phenoxy) is 1. The number of fused-ring (bicyclic) bond motifs is 1. The van der Waals surface area contributed by atoms with E-state index in [1.165, 1.54) is 7.11 Å². The summed E-state index contributed by atoms with van der Waals surface area (Å²) < 4.78 is 4.62. The number of carbonyl (C=O) groups is 1. The summed E-state index contributed by atoms with van der Waals surface area (Å²) in [4.78, 5) is 15.5. The van der Waals surface area contributed by atoms with Crippen LogP contribution < -0.4 is 0 Å². The van der Waals surface area contributed by atoms with Crippen LogP contribution in [0.25, 0.3) is 10.9 Å². The molecule has 0 saturated heterocycles. The number of rotatable bonds is 3. The first-order valence-electron chi connectivity index (χ1n) is 5.62. The predicted molar refractivity (Wildman–Crippen MR) is 66.8 cm³/mol. The summed E-state index contributed by atoms with van der Waals surface area (Å²) in [5.74, 6) is -0.174. The first-order chi connectivity index (χ1) is 8.19. The van der Waals surface area contributed by atoms with E-state index in [0.717, 1.165) is 22.2 Å². The molecule has 0 unspecified atom stereocenters. The standard InChI is InChI=1S/C14H15NO2/c1-10-3-6-12-9-11(4-7-13(12)15-10)5-8-14(16)17-2/h3-4,6-7,9H,5,8H2,1-2H3. The van der Waals surface area contributed by atoms with Crippen molar-refractivity contribution in [3.63, 3.8) is 0 Å². The molecule has 0 radical (unpaired) electrons. The highest BCUT2D eigenvalue weighted by molar-refractivity contribution is 5.79. The van der Waals surface area contributed by atoms with Crippen LogP contribution >= 0.6 is 0 Å². The summed E-state index contributed by atoms with van der Waals surface area (Å²) >= 11 is 0. The molecule has 1 aromatic carbocycles. The summed E-state index contributed by atoms with van der Waals surface area (Å²) in [6, 6.07) is 10.1. The van der Waals surface area contributed by atoms with E-state index in [0.29, 0.717) is 12.8 Å². The van der Waals surface area contributed by atoms with Crippen molar-refractivity contribution in [3.05, 3.63) is 41.6 Å². The van der Waals surface area contributed by atoms with Crippen LogP contribution in [0, 0.1) is 6.92 Å². The highest BCUT2D eigenvalue weighted by Gasteiger charge is 2.03. The smallest absolute Gasteiger partial charge is 0.305 e. The topological polar surface area (TPSA) is 39.2 Å². The van der Waals surface area contributed by atoms with Crippen LogP contribution in [0.2, 0.25) is 0 Å². The first kappa shape index (κ1) is 11.6. The Kier molecular flexibility index (Phi) is 3.38. The number of hydrogen-bond donors (Lipinski definition) is 0. The van der Waals surface area contributed by atoms with Crippen molar-refractivity contribution >= 4 is 16.9 Å². The average Bonchev–Trinajstić information content (AvgIpc) is 2.35. The molecule has 0 aliphatic carbocycles. The average molecular weight is 229 g/mol. The van der Waals surface area contributed by atoms with Gasteiger partial charge in [0.2, 0.25) is 0 Å². The molecule has 0 atom stereocenters. The molecule has 0 aliphatic rings. The predicted octanol–water partition coefficient (Wildman–Crippen LogP) is 2.65. The van der Waals surface area contributed by atoms with E-state index >= 15 is 0 Å². The maximum atomic E-state index is 11.1. The molecule has 0 bridgehead atoms. The van der Waals surface area contributed by atoms with Gasteiger partial charge in [-0.15, -0.1) is 0 Å². The molecular formula is C14H15NO2. The summed E-state index contributed by atoms with van der Waals surface area (Å²) in [6.07, 6.45) is 1.12. The van der Waals surface area contributed by atoms with Gasteiger partial charge in [0, 0.05) is 17.5 Å². The normalized spacial score (nSPS) is 10.5. The minimum Gasteiger partial charge on any atom is -0.469 e. The Hall–Kier alpha value is -1.90. The van der Waals surface area contributed by atoms with Gasteiger partial charge in [-0.25, -0.2) is 0 Å². The van der Waals surface area contributed by atoms with Crippen molar-refractivity contribution in [2.75, 3.05) is 7.11 Å². The van der Waals surface area contributed by atoms with Gasteiger partial charge in [-0.3, -0.25) is 9.78 Å². The molecule has 3 nitrogen and oxygen atoms in total. The molecule has 3 heteroatoms. The van der Waals surface area contributed by atoms with E-state index < -0.39 is 0 Å². The summed E-state index contributed by atoms with van der Waals surface area (Å²) in [7, 11) is 1.41. The number of aryl methyl sites for hydroxylation is 2. The number of pyridine rings is 1. The highest BCUT2D eigenvalue weighted by Crippen LogP contribution is 2.15. The minimum absolute atomic E-state index is 0.174. The molecule has 17 heavy (non-hydrogen) atoms. The van der Waals surface area contributed by atoms with Gasteiger partial charge >= 0.3 is 5.97 Å². The van der Waals surface area contributed by atoms with Gasteiger partial charge in [0.05, 0.1) is 12.6 Å². The number of esters is 1. The van der Waals surface area contributed by atoms with E-state index in [1.54, 1.807) is 0 Å². The van der Waals surface area contributed by atoms with Gasteiger partial charge in [0.1, 0.15) is 0 Å². The lowest BCUT2D eigenvalue weighted by Crippen LogP contribution is -2.01. The molecule has 0 amide bonds. The van der Waals surface area contributed by atoms with Crippen LogP contribution in [0.3, 0.4) is 0 Å². The second-order valence-corrected chi connectivity index (χ2v) is 4.06. The van der Waals surface area contributed by atoms with Crippen molar-refractivity contribution in [1.82, 2.24) is 4.98 Å². The van der Waals surface area contributed by atoms with E-state index in [-0.39, 0.29) is 5.97 Å². The molecule has 1 aromatic heterocycles. The second-order valence-electron chi connectivity index (χ2n) is 4.06. The maximum absolute atomic E-state index is 11.1. The molecule has 0 spiro atoms. The Morgan fingerprint density at radius 2 is 2.12 bits per heavy atom. The van der Waals surface area contributed by atoms with Gasteiger partial charge in [-0.1, -0.05) is 12.1 Å². The van der Waals surface area contributed by atoms with Crippen LogP contribution in [0.4, 0.5) is 0 Å². The fourth-order valence-corrected chi connectivity index (χ4v) is 1.78. The number of carbonyl (C=O) groups excluding carboxylic acids is 1. The molecular weight excluding hydrogens is 214 g/mol. The maximum Gasteiger partial charge on any atom is 0.305 e. The van der Waals surface area contributed by atoms with Crippen molar-refractivity contribution in [3.8, 4) is 0 Å². The van der Waals surface area contributed by atoms with E-state index in [2.05, 4.69) is 21.9 Å². The van der Waals surface area contributed by atoms with Crippen molar-refractivity contribution in [2.45, 2.75) is 19.8 Å². The third-order valence-corrected chi connectivity index (χ3v) is 2.74. The monoisotopic (exact) mass is 229 g/mol. The molecule has 0 fully saturated rings. The van der Waals surface area contributed by atoms with E-state index in [9.17, 15) is 4.79 Å². The van der Waals surface area contributed by atoms with Crippen molar-refractivity contribution < 1.29 is 9.53 Å². The zero-order chi connectivity index (χ0) is 12.3. The third-order valence-electron chi connectivity index (χ3n) is 2.74. The molecule has 1 heterocycles. The summed E-state index contributed by atoms with van der Waals surface area (Å²) in [5.41, 5.74) is 3.14. The van der Waals surface area contributed by atoms with Gasteiger partial charge in [0.15, 0.2) is 0 Å². The SMILES string of the molecule is COC(=O)CCc1ccc2nc(C)ccc2c1. The summed E-state index contributed by atoms with van der Waals surface area (Å²) in [5, 5.41) is 1.11. The minimum atomic E-state index is -0.174. The van der Waals surface area contributed by atoms with E-state index in [1.807, 2.05) is 25.1 Å². The molecule has 0 aliphatic heterocycles. The van der Waals surface area contributed by atoms with Gasteiger partial charge in [-0.2, -0.15) is 0 Å². The zero-order valence-corrected chi connectivity index (χ0v) is 10.1. The number of nitrogens with zero attached hydrogens (tertiary/aromatic N) is 1. The van der Waals surface area contributed by atoms with Crippen LogP contribution in [0.15, 0.2) is 30.3 Å². The third kappa shape index (κ3) is 2.81. The number of methoxy groups -OCH3 is 1. The first-order valence-corrected chi connectivity index (χ1v) is 5.62. The Balaban J connectivity index is 2.20. The molecule has 2 rings (SSSR count).